The van der Waals surface area contributed by atoms with Gasteiger partial charge in [-0.15, -0.1) is 0 Å². The number of hydrogen-bond acceptors (Lipinski definition) is 4. The Balaban J connectivity index is 0.0000000945. The molecule has 4 aliphatic heterocycles. The first-order valence-corrected chi connectivity index (χ1v) is 53.8. The van der Waals surface area contributed by atoms with E-state index in [0.717, 1.165) is 44.7 Å². The predicted molar refractivity (Wildman–Crippen MR) is 564 cm³/mol. The van der Waals surface area contributed by atoms with Crippen LogP contribution in [0.15, 0.2) is 479 Å². The molecule has 4 nitrogen and oxygen atoms in total. The summed E-state index contributed by atoms with van der Waals surface area (Å²) in [6.07, 6.45) is 0. The average Bonchev–Trinajstić information content (AvgIpc) is 1.54. The van der Waals surface area contributed by atoms with Gasteiger partial charge in [-0.25, -0.2) is 0 Å². The fraction of sp³-hybridized carbons (Fsp3) is 0.0323. The van der Waals surface area contributed by atoms with E-state index < -0.39 is 32.3 Å². The van der Waals surface area contributed by atoms with Gasteiger partial charge < -0.3 is 17.7 Å². The van der Waals surface area contributed by atoms with Crippen LogP contribution in [0, 0.1) is 27.7 Å². The van der Waals surface area contributed by atoms with E-state index >= 15 is 0 Å². The van der Waals surface area contributed by atoms with Crippen molar-refractivity contribution in [1.29, 1.82) is 0 Å². The molecule has 132 heavy (non-hydrogen) atoms. The molecule has 0 fully saturated rings. The normalized spacial score (nSPS) is 13.8. The first-order chi connectivity index (χ1) is 65.1. The molecule has 20 aromatic carbocycles. The third kappa shape index (κ3) is 11.5. The number of rotatable bonds is 8. The smallest absolute Gasteiger partial charge is 0.181 e. The van der Waals surface area contributed by atoms with Gasteiger partial charge in [0.25, 0.3) is 0 Å². The molecular weight excluding hydrogens is 1670 g/mol. The van der Waals surface area contributed by atoms with Gasteiger partial charge in [0.15, 0.2) is 32.3 Å². The van der Waals surface area contributed by atoms with Crippen molar-refractivity contribution in [1.82, 2.24) is 0 Å². The first kappa shape index (κ1) is 78.7. The van der Waals surface area contributed by atoms with Crippen LogP contribution < -0.4 is 83.0 Å². The van der Waals surface area contributed by atoms with E-state index in [1.54, 1.807) is 0 Å². The molecule has 0 amide bonds. The highest BCUT2D eigenvalue weighted by Crippen LogP contribution is 2.45. The molecule has 8 heteroatoms. The highest BCUT2D eigenvalue weighted by atomic mass is 28.3. The van der Waals surface area contributed by atoms with E-state index in [0.29, 0.717) is 0 Å². The maximum absolute atomic E-state index is 6.67. The van der Waals surface area contributed by atoms with Gasteiger partial charge >= 0.3 is 0 Å². The van der Waals surface area contributed by atoms with E-state index in [2.05, 4.69) is 489 Å². The van der Waals surface area contributed by atoms with Crippen molar-refractivity contribution in [3.8, 4) is 44.5 Å². The monoisotopic (exact) mass is 1750 g/mol. The number of benzene rings is 20. The van der Waals surface area contributed by atoms with Crippen LogP contribution in [-0.4, -0.2) is 32.3 Å². The molecule has 4 aliphatic rings. The van der Waals surface area contributed by atoms with Crippen LogP contribution in [0.3, 0.4) is 0 Å². The molecule has 0 saturated carbocycles. The van der Waals surface area contributed by atoms with Crippen LogP contribution in [0.1, 0.15) is 22.3 Å². The molecule has 624 valence electrons. The number of furan rings is 4. The van der Waals surface area contributed by atoms with Crippen LogP contribution in [0.2, 0.25) is 0 Å². The summed E-state index contributed by atoms with van der Waals surface area (Å²) in [6, 6.07) is 169. The molecule has 8 heterocycles. The Morgan fingerprint density at radius 2 is 0.409 bits per heavy atom. The van der Waals surface area contributed by atoms with Crippen molar-refractivity contribution in [3.05, 3.63) is 483 Å². The minimum Gasteiger partial charge on any atom is -0.455 e. The topological polar surface area (TPSA) is 52.6 Å². The lowest BCUT2D eigenvalue weighted by atomic mass is 10.0. The first-order valence-electron chi connectivity index (χ1n) is 45.8. The number of fused-ring (bicyclic) bond motifs is 28. The fourth-order valence-electron chi connectivity index (χ4n) is 23.5. The maximum Gasteiger partial charge on any atom is 0.181 e. The summed E-state index contributed by atoms with van der Waals surface area (Å²) < 4.78 is 26.5. The Hall–Kier alpha value is -15.5. The van der Waals surface area contributed by atoms with Gasteiger partial charge in [-0.1, -0.05) is 448 Å². The summed E-state index contributed by atoms with van der Waals surface area (Å²) in [5.74, 6) is 0. The second kappa shape index (κ2) is 31.1. The summed E-state index contributed by atoms with van der Waals surface area (Å²) in [7, 11) is -9.87. The van der Waals surface area contributed by atoms with Crippen molar-refractivity contribution in [2.24, 2.45) is 0 Å². The predicted octanol–water partition coefficient (Wildman–Crippen LogP) is 21.0. The van der Waals surface area contributed by atoms with E-state index in [-0.39, 0.29) is 0 Å². The molecule has 24 aromatic rings. The van der Waals surface area contributed by atoms with Gasteiger partial charge in [0.1, 0.15) is 44.7 Å². The van der Waals surface area contributed by atoms with Gasteiger partial charge in [0.2, 0.25) is 0 Å². The van der Waals surface area contributed by atoms with Gasteiger partial charge in [-0.05, 0) is 168 Å². The fourth-order valence-corrected chi connectivity index (χ4v) is 44.2. The molecule has 0 aliphatic carbocycles. The SMILES string of the molecule is Cc1ccc2c(c1)-c1c(ccc3c1oc1ccccc13)[Si]2(c1ccccc1)c1ccccc1.Cc1ccc2c(c1)oc1c3c(ccc12)[Si](c1ccccc1)(c1ccccc1)c1ccccc1-3.Cc1ccc2oc3c4c(ccc3c2c1)[Si](c1ccccc1)(c1ccccc1)c1ccccc1-4.Cc1cccc2c1oc1c3c(ccc12)[Si](c1ccccc1)(c1ccccc1)c1ccccc1-3. The molecule has 0 radical (unpaired) electrons. The molecular formula is C124H88O4Si4. The number of hydrogen-bond donors (Lipinski definition) is 0. The van der Waals surface area contributed by atoms with Crippen LogP contribution in [-0.2, 0) is 0 Å². The van der Waals surface area contributed by atoms with Gasteiger partial charge in [-0.2, -0.15) is 0 Å². The average molecular weight is 1750 g/mol. The Morgan fingerprint density at radius 3 is 0.818 bits per heavy atom. The molecule has 0 bridgehead atoms. The summed E-state index contributed by atoms with van der Waals surface area (Å²) >= 11 is 0. The van der Waals surface area contributed by atoms with Crippen LogP contribution in [0.5, 0.6) is 0 Å². The molecule has 0 atom stereocenters. The van der Waals surface area contributed by atoms with E-state index in [1.807, 2.05) is 0 Å². The molecule has 0 spiro atoms. The van der Waals surface area contributed by atoms with Crippen molar-refractivity contribution in [3.63, 3.8) is 0 Å². The second-order valence-electron chi connectivity index (χ2n) is 35.9. The highest BCUT2D eigenvalue weighted by Gasteiger charge is 2.54. The summed E-state index contributed by atoms with van der Waals surface area (Å²) in [6.45, 7) is 8.58. The standard InChI is InChI=1S/4C31H22OSi/c1-21-11-10-17-24-25-19-20-28-29(31(25)32-30(21)24)26-16-8-9-18-27(26)33(28,22-12-4-2-5-13-22)23-14-6-3-7-15-23;1-21-16-18-27-26(20-21)24-17-19-29-30(31(24)32-27)25-14-8-9-15-28(25)33(29,22-10-4-2-5-11-22)23-12-6-3-7-13-23;1-21-16-18-28-26(20-21)30-29(19-17-25-24-14-8-9-15-27(24)32-31(25)30)33(28,22-10-4-2-5-11-22)23-12-6-3-7-13-23;1-21-16-17-24-25-18-19-29-30(31(25)32-27(24)20-21)26-14-8-9-15-28(26)33(29,22-10-4-2-5-11-22)23-12-6-3-7-13-23/h4*2-20H,1H3. The largest absolute Gasteiger partial charge is 0.455 e. The van der Waals surface area contributed by atoms with Crippen LogP contribution in [0.25, 0.3) is 132 Å². The molecule has 0 unspecified atom stereocenters. The Labute approximate surface area is 770 Å². The zero-order valence-electron chi connectivity index (χ0n) is 73.5. The summed E-state index contributed by atoms with van der Waals surface area (Å²) in [5, 5.41) is 32.3. The Kier molecular flexibility index (Phi) is 18.6. The van der Waals surface area contributed by atoms with Crippen molar-refractivity contribution in [2.45, 2.75) is 27.7 Å². The summed E-state index contributed by atoms with van der Waals surface area (Å²) in [4.78, 5) is 0. The molecule has 4 aromatic heterocycles. The zero-order chi connectivity index (χ0) is 88.0. The van der Waals surface area contributed by atoms with E-state index in [1.165, 1.54) is 193 Å². The quantitative estimate of drug-likeness (QED) is 0.142. The van der Waals surface area contributed by atoms with Gasteiger partial charge in [0.05, 0.1) is 0 Å². The van der Waals surface area contributed by atoms with E-state index in [9.17, 15) is 0 Å². The minimum absolute atomic E-state index is 0.952. The van der Waals surface area contributed by atoms with Crippen molar-refractivity contribution in [2.75, 3.05) is 0 Å². The maximum atomic E-state index is 6.67. The van der Waals surface area contributed by atoms with Gasteiger partial charge in [0, 0.05) is 65.3 Å². The second-order valence-corrected chi connectivity index (χ2v) is 50.9. The lowest BCUT2D eigenvalue weighted by Crippen LogP contribution is -2.72. The number of para-hydroxylation sites is 2. The minimum atomic E-state index is -2.47. The van der Waals surface area contributed by atoms with E-state index in [4.69, 9.17) is 17.7 Å². The van der Waals surface area contributed by atoms with Crippen LogP contribution in [0.4, 0.5) is 0 Å². The Bertz CT molecular complexity index is 8370. The van der Waals surface area contributed by atoms with Crippen LogP contribution >= 0.6 is 0 Å². The van der Waals surface area contributed by atoms with Crippen molar-refractivity contribution >= 4 is 203 Å². The molecule has 0 N–H and O–H groups in total. The highest BCUT2D eigenvalue weighted by molar-refractivity contribution is 7.24. The number of aryl methyl sites for hydroxylation is 4. The molecule has 28 rings (SSSR count). The van der Waals surface area contributed by atoms with Crippen molar-refractivity contribution < 1.29 is 17.7 Å². The lowest BCUT2D eigenvalue weighted by Gasteiger charge is -2.31. The lowest BCUT2D eigenvalue weighted by molar-refractivity contribution is 0.667. The zero-order valence-corrected chi connectivity index (χ0v) is 77.5. The molecule has 0 saturated heterocycles. The van der Waals surface area contributed by atoms with Gasteiger partial charge in [-0.3, -0.25) is 0 Å². The Morgan fingerprint density at radius 1 is 0.152 bits per heavy atom. The summed E-state index contributed by atoms with van der Waals surface area (Å²) in [5.41, 5.74) is 23.2. The third-order valence-corrected chi connectivity index (χ3v) is 48.4. The third-order valence-electron chi connectivity index (χ3n) is 28.9.